The minimum absolute atomic E-state index is 0.675. The van der Waals surface area contributed by atoms with Crippen LogP contribution in [0.25, 0.3) is 11.4 Å². The van der Waals surface area contributed by atoms with Crippen LogP contribution in [0.15, 0.2) is 48.8 Å². The lowest BCUT2D eigenvalue weighted by atomic mass is 10.2. The zero-order valence-corrected chi connectivity index (χ0v) is 17.7. The molecule has 3 aromatic rings. The molecule has 1 saturated heterocycles. The van der Waals surface area contributed by atoms with Crippen molar-refractivity contribution in [1.29, 1.82) is 0 Å². The van der Waals surface area contributed by atoms with Gasteiger partial charge in [0, 0.05) is 51.2 Å². The van der Waals surface area contributed by atoms with Gasteiger partial charge in [-0.2, -0.15) is 5.10 Å². The number of nitrogens with zero attached hydrogens (tertiary/aromatic N) is 6. The van der Waals surface area contributed by atoms with E-state index < -0.39 is 0 Å². The van der Waals surface area contributed by atoms with Crippen LogP contribution < -0.4 is 9.64 Å². The second kappa shape index (κ2) is 8.75. The van der Waals surface area contributed by atoms with E-state index in [9.17, 15) is 0 Å². The zero-order chi connectivity index (χ0) is 20.2. The Kier molecular flexibility index (Phi) is 5.92. The molecular formula is C21H26N6OS. The highest BCUT2D eigenvalue weighted by atomic mass is 32.1. The van der Waals surface area contributed by atoms with E-state index in [0.717, 1.165) is 48.1 Å². The molecule has 1 aliphatic rings. The molecule has 0 saturated carbocycles. The molecule has 8 heteroatoms. The molecule has 1 aliphatic heterocycles. The van der Waals surface area contributed by atoms with Gasteiger partial charge in [0.2, 0.25) is 0 Å². The summed E-state index contributed by atoms with van der Waals surface area (Å²) >= 11 is 5.62. The first kappa shape index (κ1) is 19.6. The van der Waals surface area contributed by atoms with Gasteiger partial charge in [-0.3, -0.25) is 9.88 Å². The average Bonchev–Trinajstić information content (AvgIpc) is 3.04. The van der Waals surface area contributed by atoms with E-state index in [0.29, 0.717) is 13.3 Å². The number of hydrogen-bond acceptors (Lipinski definition) is 6. The van der Waals surface area contributed by atoms with E-state index in [2.05, 4.69) is 26.9 Å². The van der Waals surface area contributed by atoms with Crippen molar-refractivity contribution >= 4 is 17.9 Å². The van der Waals surface area contributed by atoms with E-state index >= 15 is 0 Å². The predicted octanol–water partition coefficient (Wildman–Crippen LogP) is 3.19. The summed E-state index contributed by atoms with van der Waals surface area (Å²) in [5.74, 6) is 1.82. The lowest BCUT2D eigenvalue weighted by Gasteiger charge is -2.36. The highest BCUT2D eigenvalue weighted by molar-refractivity contribution is 7.71. The van der Waals surface area contributed by atoms with Gasteiger partial charge in [0.25, 0.3) is 0 Å². The molecule has 0 N–H and O–H groups in total. The van der Waals surface area contributed by atoms with Gasteiger partial charge in [-0.1, -0.05) is 12.1 Å². The van der Waals surface area contributed by atoms with E-state index in [4.69, 9.17) is 22.1 Å². The third kappa shape index (κ3) is 4.18. The molecular weight excluding hydrogens is 384 g/mol. The Hall–Kier alpha value is -2.71. The Morgan fingerprint density at radius 3 is 2.48 bits per heavy atom. The summed E-state index contributed by atoms with van der Waals surface area (Å²) < 4.78 is 10.4. The summed E-state index contributed by atoms with van der Waals surface area (Å²) in [7, 11) is 1.96. The number of rotatable bonds is 6. The number of piperazine rings is 1. The number of ether oxygens (including phenoxy) is 1. The molecule has 0 aliphatic carbocycles. The number of para-hydroxylation sites is 2. The Balaban J connectivity index is 1.44. The maximum absolute atomic E-state index is 5.80. The molecule has 152 valence electrons. The van der Waals surface area contributed by atoms with Gasteiger partial charge in [-0.05, 0) is 43.4 Å². The number of aromatic nitrogens is 4. The minimum Gasteiger partial charge on any atom is -0.492 e. The van der Waals surface area contributed by atoms with E-state index in [-0.39, 0.29) is 0 Å². The Morgan fingerprint density at radius 2 is 1.76 bits per heavy atom. The summed E-state index contributed by atoms with van der Waals surface area (Å²) in [6.45, 7) is 7.18. The number of anilines is 1. The third-order valence-electron chi connectivity index (χ3n) is 5.19. The van der Waals surface area contributed by atoms with Gasteiger partial charge in [-0.15, -0.1) is 0 Å². The molecule has 4 rings (SSSR count). The fourth-order valence-corrected chi connectivity index (χ4v) is 3.83. The van der Waals surface area contributed by atoms with Gasteiger partial charge in [0.05, 0.1) is 19.0 Å². The average molecular weight is 411 g/mol. The van der Waals surface area contributed by atoms with Gasteiger partial charge < -0.3 is 14.2 Å². The second-order valence-corrected chi connectivity index (χ2v) is 7.41. The highest BCUT2D eigenvalue weighted by Gasteiger charge is 2.21. The van der Waals surface area contributed by atoms with Crippen molar-refractivity contribution in [2.75, 3.05) is 37.7 Å². The maximum Gasteiger partial charge on any atom is 0.199 e. The van der Waals surface area contributed by atoms with E-state index in [1.165, 1.54) is 5.69 Å². The minimum atomic E-state index is 0.675. The van der Waals surface area contributed by atoms with Crippen molar-refractivity contribution in [2.45, 2.75) is 13.6 Å². The van der Waals surface area contributed by atoms with Gasteiger partial charge in [-0.25, -0.2) is 4.68 Å². The van der Waals surface area contributed by atoms with Crippen LogP contribution in [0.4, 0.5) is 5.69 Å². The lowest BCUT2D eigenvalue weighted by Crippen LogP contribution is -2.47. The topological polar surface area (TPSA) is 51.4 Å². The van der Waals surface area contributed by atoms with Crippen LogP contribution >= 0.6 is 12.2 Å². The molecule has 0 atom stereocenters. The third-order valence-corrected chi connectivity index (χ3v) is 5.68. The summed E-state index contributed by atoms with van der Waals surface area (Å²) in [6, 6.07) is 12.2. The monoisotopic (exact) mass is 410 g/mol. The summed E-state index contributed by atoms with van der Waals surface area (Å²) in [5, 5.41) is 4.76. The molecule has 0 radical (unpaired) electrons. The van der Waals surface area contributed by atoms with Crippen LogP contribution in [-0.4, -0.2) is 57.0 Å². The van der Waals surface area contributed by atoms with Crippen LogP contribution in [-0.2, 0) is 13.7 Å². The Morgan fingerprint density at radius 1 is 1.03 bits per heavy atom. The first-order valence-electron chi connectivity index (χ1n) is 9.90. The molecule has 0 spiro atoms. The summed E-state index contributed by atoms with van der Waals surface area (Å²) in [4.78, 5) is 8.86. The molecule has 0 bridgehead atoms. The van der Waals surface area contributed by atoms with Gasteiger partial charge in [0.15, 0.2) is 10.6 Å². The van der Waals surface area contributed by atoms with Crippen molar-refractivity contribution in [3.63, 3.8) is 0 Å². The first-order chi connectivity index (χ1) is 14.2. The summed E-state index contributed by atoms with van der Waals surface area (Å²) in [6.07, 6.45) is 3.55. The predicted molar refractivity (Wildman–Crippen MR) is 117 cm³/mol. The smallest absolute Gasteiger partial charge is 0.199 e. The summed E-state index contributed by atoms with van der Waals surface area (Å²) in [5.41, 5.74) is 2.19. The van der Waals surface area contributed by atoms with Gasteiger partial charge >= 0.3 is 0 Å². The van der Waals surface area contributed by atoms with Gasteiger partial charge in [0.1, 0.15) is 5.75 Å². The Bertz CT molecular complexity index is 1010. The van der Waals surface area contributed by atoms with Crippen LogP contribution in [0.5, 0.6) is 5.75 Å². The van der Waals surface area contributed by atoms with Crippen molar-refractivity contribution < 1.29 is 4.74 Å². The number of pyridine rings is 1. The maximum atomic E-state index is 5.80. The molecule has 0 unspecified atom stereocenters. The Labute approximate surface area is 176 Å². The fourth-order valence-electron chi connectivity index (χ4n) is 3.65. The van der Waals surface area contributed by atoms with Crippen molar-refractivity contribution in [1.82, 2.24) is 24.2 Å². The van der Waals surface area contributed by atoms with Crippen molar-refractivity contribution in [3.05, 3.63) is 53.6 Å². The molecule has 2 aromatic heterocycles. The lowest BCUT2D eigenvalue weighted by molar-refractivity contribution is 0.194. The fraction of sp³-hybridized carbons (Fsp3) is 0.381. The highest BCUT2D eigenvalue weighted by Crippen LogP contribution is 2.29. The van der Waals surface area contributed by atoms with Crippen LogP contribution in [0.3, 0.4) is 0 Å². The first-order valence-corrected chi connectivity index (χ1v) is 10.3. The number of benzene rings is 1. The largest absolute Gasteiger partial charge is 0.492 e. The van der Waals surface area contributed by atoms with E-state index in [1.807, 2.05) is 47.5 Å². The molecule has 3 heterocycles. The van der Waals surface area contributed by atoms with Crippen LogP contribution in [0, 0.1) is 4.77 Å². The van der Waals surface area contributed by atoms with Crippen molar-refractivity contribution in [2.24, 2.45) is 7.05 Å². The molecule has 7 nitrogen and oxygen atoms in total. The SMILES string of the molecule is CCOc1ccccc1N1CCN(Cn2nc(-c3ccncc3)n(C)c2=S)CC1. The standard InChI is InChI=1S/C21H26N6OS/c1-3-28-19-7-5-4-6-18(19)26-14-12-25(13-15-26)16-27-21(29)24(2)20(23-27)17-8-10-22-11-9-17/h4-11H,3,12-16H2,1-2H3. The second-order valence-electron chi connectivity index (χ2n) is 7.05. The van der Waals surface area contributed by atoms with Crippen LogP contribution in [0.1, 0.15) is 6.92 Å². The quantitative estimate of drug-likeness (QED) is 0.582. The normalized spacial score (nSPS) is 14.9. The van der Waals surface area contributed by atoms with Crippen LogP contribution in [0.2, 0.25) is 0 Å². The van der Waals surface area contributed by atoms with E-state index in [1.54, 1.807) is 12.4 Å². The molecule has 1 fully saturated rings. The molecule has 29 heavy (non-hydrogen) atoms. The van der Waals surface area contributed by atoms with Crippen molar-refractivity contribution in [3.8, 4) is 17.1 Å². The zero-order valence-electron chi connectivity index (χ0n) is 16.9. The molecule has 0 amide bonds. The molecule has 1 aromatic carbocycles. The number of hydrogen-bond donors (Lipinski definition) is 0.